The zero-order valence-corrected chi connectivity index (χ0v) is 15.2. The highest BCUT2D eigenvalue weighted by Crippen LogP contribution is 2.24. The van der Waals surface area contributed by atoms with Crippen molar-refractivity contribution >= 4 is 29.0 Å². The van der Waals surface area contributed by atoms with Crippen molar-refractivity contribution in [3.05, 3.63) is 77.3 Å². The fourth-order valence-electron chi connectivity index (χ4n) is 2.79. The van der Waals surface area contributed by atoms with Gasteiger partial charge in [-0.2, -0.15) is 0 Å². The van der Waals surface area contributed by atoms with Crippen LogP contribution >= 0.6 is 11.6 Å². The van der Waals surface area contributed by atoms with Crippen molar-refractivity contribution < 1.29 is 14.0 Å². The smallest absolute Gasteiger partial charge is 0.269 e. The first-order chi connectivity index (χ1) is 13.6. The molecule has 1 unspecified atom stereocenters. The molecule has 28 heavy (non-hydrogen) atoms. The Hall–Kier alpha value is -3.32. The lowest BCUT2D eigenvalue weighted by atomic mass is 10.0. The summed E-state index contributed by atoms with van der Waals surface area (Å²) in [7, 11) is 0. The summed E-state index contributed by atoms with van der Waals surface area (Å²) in [5, 5.41) is 6.54. The number of benzene rings is 1. The molecule has 0 radical (unpaired) electrons. The number of rotatable bonds is 4. The quantitative estimate of drug-likeness (QED) is 0.721. The lowest BCUT2D eigenvalue weighted by Crippen LogP contribution is -2.28. The fourth-order valence-corrected chi connectivity index (χ4v) is 2.96. The Morgan fingerprint density at radius 2 is 2.04 bits per heavy atom. The zero-order valence-electron chi connectivity index (χ0n) is 14.5. The molecule has 0 saturated carbocycles. The zero-order chi connectivity index (χ0) is 19.5. The van der Waals surface area contributed by atoms with E-state index in [1.54, 1.807) is 36.7 Å². The van der Waals surface area contributed by atoms with Crippen LogP contribution < -0.4 is 5.32 Å². The monoisotopic (exact) mass is 396 g/mol. The number of carbonyl (C=O) groups is 1. The third-order valence-electron chi connectivity index (χ3n) is 4.18. The van der Waals surface area contributed by atoms with E-state index in [2.05, 4.69) is 20.4 Å². The summed E-state index contributed by atoms with van der Waals surface area (Å²) >= 11 is 5.80. The van der Waals surface area contributed by atoms with E-state index >= 15 is 0 Å². The highest BCUT2D eigenvalue weighted by molar-refractivity contribution is 6.31. The van der Waals surface area contributed by atoms with E-state index in [-0.39, 0.29) is 17.0 Å². The van der Waals surface area contributed by atoms with Crippen molar-refractivity contribution in [2.45, 2.75) is 12.5 Å². The average molecular weight is 397 g/mol. The summed E-state index contributed by atoms with van der Waals surface area (Å²) in [6.07, 6.45) is 2.61. The van der Waals surface area contributed by atoms with Crippen LogP contribution in [0.4, 0.5) is 10.2 Å². The maximum Gasteiger partial charge on any atom is 0.269 e. The number of amides is 1. The number of aromatic nitrogens is 2. The van der Waals surface area contributed by atoms with Gasteiger partial charge >= 0.3 is 0 Å². The minimum absolute atomic E-state index is 0.00971. The molecule has 0 fully saturated rings. The molecule has 3 aromatic rings. The Labute approximate surface area is 165 Å². The summed E-state index contributed by atoms with van der Waals surface area (Å²) in [5.74, 6) is -0.632. The highest BCUT2D eigenvalue weighted by Gasteiger charge is 2.30. The van der Waals surface area contributed by atoms with Gasteiger partial charge in [-0.15, -0.1) is 0 Å². The molecule has 6 nitrogen and oxygen atoms in total. The van der Waals surface area contributed by atoms with Gasteiger partial charge in [-0.05, 0) is 36.4 Å². The van der Waals surface area contributed by atoms with E-state index in [1.807, 2.05) is 18.2 Å². The molecule has 1 atom stereocenters. The summed E-state index contributed by atoms with van der Waals surface area (Å²) < 4.78 is 14.2. The minimum Gasteiger partial charge on any atom is -0.382 e. The van der Waals surface area contributed by atoms with Gasteiger partial charge in [-0.1, -0.05) is 28.9 Å². The van der Waals surface area contributed by atoms with Crippen LogP contribution in [-0.2, 0) is 9.63 Å². The van der Waals surface area contributed by atoms with Crippen LogP contribution in [0, 0.1) is 5.82 Å². The second-order valence-corrected chi connectivity index (χ2v) is 6.48. The maximum absolute atomic E-state index is 14.2. The molecule has 0 spiro atoms. The van der Waals surface area contributed by atoms with Gasteiger partial charge in [0.2, 0.25) is 6.10 Å². The van der Waals surface area contributed by atoms with Gasteiger partial charge in [-0.25, -0.2) is 9.37 Å². The van der Waals surface area contributed by atoms with E-state index in [0.29, 0.717) is 17.2 Å². The van der Waals surface area contributed by atoms with Gasteiger partial charge in [0.05, 0.1) is 16.4 Å². The first-order valence-electron chi connectivity index (χ1n) is 8.47. The number of anilines is 1. The van der Waals surface area contributed by atoms with Gasteiger partial charge in [0.15, 0.2) is 5.82 Å². The molecule has 1 aliphatic rings. The molecule has 3 heterocycles. The molecule has 0 bridgehead atoms. The number of oxime groups is 1. The van der Waals surface area contributed by atoms with E-state index in [4.69, 9.17) is 16.4 Å². The van der Waals surface area contributed by atoms with Crippen LogP contribution in [0.25, 0.3) is 11.3 Å². The number of carbonyl (C=O) groups excluding carboxylic acids is 1. The Morgan fingerprint density at radius 3 is 2.86 bits per heavy atom. The van der Waals surface area contributed by atoms with Crippen LogP contribution in [0.3, 0.4) is 0 Å². The van der Waals surface area contributed by atoms with Crippen LogP contribution in [-0.4, -0.2) is 27.7 Å². The van der Waals surface area contributed by atoms with Crippen LogP contribution in [0.5, 0.6) is 0 Å². The first kappa shape index (κ1) is 18.1. The van der Waals surface area contributed by atoms with Gasteiger partial charge in [-0.3, -0.25) is 9.78 Å². The fraction of sp³-hybridized carbons (Fsp3) is 0.100. The number of nitrogens with zero attached hydrogens (tertiary/aromatic N) is 3. The van der Waals surface area contributed by atoms with Crippen molar-refractivity contribution in [2.24, 2.45) is 5.16 Å². The average Bonchev–Trinajstić information content (AvgIpc) is 3.21. The predicted octanol–water partition coefficient (Wildman–Crippen LogP) is 4.07. The van der Waals surface area contributed by atoms with Crippen LogP contribution in [0.2, 0.25) is 5.02 Å². The molecule has 8 heteroatoms. The molecule has 0 aliphatic carbocycles. The normalized spacial score (nSPS) is 15.6. The van der Waals surface area contributed by atoms with E-state index in [9.17, 15) is 9.18 Å². The van der Waals surface area contributed by atoms with E-state index in [0.717, 1.165) is 5.56 Å². The molecule has 4 rings (SSSR count). The second-order valence-electron chi connectivity index (χ2n) is 6.08. The highest BCUT2D eigenvalue weighted by atomic mass is 35.5. The van der Waals surface area contributed by atoms with Crippen LogP contribution in [0.1, 0.15) is 12.0 Å². The van der Waals surface area contributed by atoms with Crippen molar-refractivity contribution in [1.82, 2.24) is 9.97 Å². The molecule has 140 valence electrons. The lowest BCUT2D eigenvalue weighted by Gasteiger charge is -2.10. The number of hydrogen-bond acceptors (Lipinski definition) is 5. The van der Waals surface area contributed by atoms with Gasteiger partial charge in [0.1, 0.15) is 5.82 Å². The van der Waals surface area contributed by atoms with Crippen molar-refractivity contribution in [1.29, 1.82) is 0 Å². The third-order valence-corrected chi connectivity index (χ3v) is 4.47. The molecular weight excluding hydrogens is 383 g/mol. The third kappa shape index (κ3) is 3.70. The molecule has 1 N–H and O–H groups in total. The molecule has 2 aromatic heterocycles. The lowest BCUT2D eigenvalue weighted by molar-refractivity contribution is -0.125. The number of nitrogens with one attached hydrogen (secondary N) is 1. The Kier molecular flexibility index (Phi) is 4.99. The minimum atomic E-state index is -0.878. The molecule has 1 aromatic carbocycles. The summed E-state index contributed by atoms with van der Waals surface area (Å²) in [6.45, 7) is 0. The van der Waals surface area contributed by atoms with Crippen LogP contribution in [0.15, 0.2) is 66.1 Å². The Morgan fingerprint density at radius 1 is 1.18 bits per heavy atom. The predicted molar refractivity (Wildman–Crippen MR) is 104 cm³/mol. The topological polar surface area (TPSA) is 76.5 Å². The van der Waals surface area contributed by atoms with E-state index in [1.165, 1.54) is 6.07 Å². The number of hydrogen-bond donors (Lipinski definition) is 1. The van der Waals surface area contributed by atoms with Gasteiger partial charge in [0, 0.05) is 29.9 Å². The Bertz CT molecular complexity index is 1060. The summed E-state index contributed by atoms with van der Waals surface area (Å²) in [6, 6.07) is 13.6. The largest absolute Gasteiger partial charge is 0.382 e. The maximum atomic E-state index is 14.2. The number of pyridine rings is 2. The molecule has 1 amide bonds. The standard InChI is InChI=1S/C20H14ClFN4O2/c21-14-6-1-5-13(19(14)22)16-10-17(28-26-16)20(27)25-18-8-2-7-15(24-18)12-4-3-9-23-11-12/h1-9,11,17H,10H2,(H,24,25,27). The number of halogens is 2. The summed E-state index contributed by atoms with van der Waals surface area (Å²) in [4.78, 5) is 26.2. The van der Waals surface area contributed by atoms with Gasteiger partial charge in [0.25, 0.3) is 5.91 Å². The SMILES string of the molecule is O=C(Nc1cccc(-c2cccnc2)n1)C1CC(c2cccc(Cl)c2F)=NO1. The van der Waals surface area contributed by atoms with E-state index < -0.39 is 17.8 Å². The molecule has 1 aliphatic heterocycles. The molecular formula is C20H14ClFN4O2. The second kappa shape index (κ2) is 7.74. The van der Waals surface area contributed by atoms with Crippen molar-refractivity contribution in [2.75, 3.05) is 5.32 Å². The summed E-state index contributed by atoms with van der Waals surface area (Å²) in [5.41, 5.74) is 2.06. The first-order valence-corrected chi connectivity index (χ1v) is 8.85. The van der Waals surface area contributed by atoms with Gasteiger partial charge < -0.3 is 10.2 Å². The van der Waals surface area contributed by atoms with Crippen molar-refractivity contribution in [3.63, 3.8) is 0 Å². The van der Waals surface area contributed by atoms with Crippen molar-refractivity contribution in [3.8, 4) is 11.3 Å². The Balaban J connectivity index is 1.45. The molecule has 0 saturated heterocycles.